The second-order valence-electron chi connectivity index (χ2n) is 4.34. The van der Waals surface area contributed by atoms with E-state index < -0.39 is 4.92 Å². The van der Waals surface area contributed by atoms with Crippen molar-refractivity contribution in [2.75, 3.05) is 13.2 Å². The quantitative estimate of drug-likeness (QED) is 0.474. The highest BCUT2D eigenvalue weighted by molar-refractivity contribution is 5.45. The Hall–Kier alpha value is -2.40. The van der Waals surface area contributed by atoms with E-state index in [9.17, 15) is 10.1 Å². The number of hydrogen-bond acceptors (Lipinski definition) is 3. The van der Waals surface area contributed by atoms with Crippen LogP contribution in [0.5, 0.6) is 5.75 Å². The molecule has 0 aliphatic carbocycles. The first-order chi connectivity index (χ1) is 9.77. The summed E-state index contributed by atoms with van der Waals surface area (Å²) in [6.45, 7) is 2.07. The molecule has 0 atom stereocenters. The largest absolute Gasteiger partial charge is 0.481 e. The first-order valence-corrected chi connectivity index (χ1v) is 6.49. The summed E-state index contributed by atoms with van der Waals surface area (Å²) in [4.78, 5) is 10.4. The molecule has 20 heavy (non-hydrogen) atoms. The van der Waals surface area contributed by atoms with Crippen molar-refractivity contribution in [3.05, 3.63) is 70.3 Å². The molecule has 104 valence electrons. The van der Waals surface area contributed by atoms with E-state index in [1.54, 1.807) is 18.2 Å². The van der Waals surface area contributed by atoms with Crippen LogP contribution in [0.4, 0.5) is 5.69 Å². The molecule has 0 spiro atoms. The molecule has 2 aromatic rings. The highest BCUT2D eigenvalue weighted by Crippen LogP contribution is 2.25. The van der Waals surface area contributed by atoms with Crippen LogP contribution in [0.15, 0.2) is 54.6 Å². The van der Waals surface area contributed by atoms with Crippen LogP contribution in [0, 0.1) is 10.1 Å². The molecule has 0 fully saturated rings. The van der Waals surface area contributed by atoms with Crippen molar-refractivity contribution in [2.45, 2.75) is 6.54 Å². The molecule has 0 radical (unpaired) electrons. The van der Waals surface area contributed by atoms with Gasteiger partial charge in [0.05, 0.1) is 4.92 Å². The Bertz CT molecular complexity index is 558. The van der Waals surface area contributed by atoms with Crippen LogP contribution in [-0.4, -0.2) is 18.1 Å². The van der Waals surface area contributed by atoms with Crippen molar-refractivity contribution < 1.29 is 15.0 Å². The maximum atomic E-state index is 10.8. The predicted octanol–water partition coefficient (Wildman–Crippen LogP) is 1.74. The van der Waals surface area contributed by atoms with E-state index in [0.717, 1.165) is 13.1 Å². The number of para-hydroxylation sites is 2. The minimum absolute atomic E-state index is 0.00978. The van der Waals surface area contributed by atoms with E-state index in [1.165, 1.54) is 11.6 Å². The lowest BCUT2D eigenvalue weighted by Crippen LogP contribution is -2.83. The Kier molecular flexibility index (Phi) is 5.08. The third kappa shape index (κ3) is 4.07. The molecule has 0 aromatic heterocycles. The van der Waals surface area contributed by atoms with Gasteiger partial charge in [0.2, 0.25) is 0 Å². The number of quaternary nitrogens is 1. The normalized spacial score (nSPS) is 10.2. The molecular formula is C15H17N2O3+. The molecule has 0 aliphatic rings. The van der Waals surface area contributed by atoms with E-state index in [0.29, 0.717) is 12.4 Å². The second-order valence-corrected chi connectivity index (χ2v) is 4.34. The van der Waals surface area contributed by atoms with Crippen LogP contribution in [0.3, 0.4) is 0 Å². The Morgan fingerprint density at radius 1 is 1.05 bits per heavy atom. The number of nitro groups is 1. The van der Waals surface area contributed by atoms with Crippen LogP contribution in [-0.2, 0) is 6.54 Å². The molecular weight excluding hydrogens is 256 g/mol. The topological polar surface area (TPSA) is 69.0 Å². The summed E-state index contributed by atoms with van der Waals surface area (Å²) < 4.78 is 5.46. The first kappa shape index (κ1) is 14.0. The van der Waals surface area contributed by atoms with Crippen molar-refractivity contribution in [1.82, 2.24) is 0 Å². The molecule has 2 rings (SSSR count). The van der Waals surface area contributed by atoms with Gasteiger partial charge in [0.15, 0.2) is 5.75 Å². The van der Waals surface area contributed by atoms with Gasteiger partial charge in [-0.05, 0) is 6.07 Å². The van der Waals surface area contributed by atoms with Crippen LogP contribution >= 0.6 is 0 Å². The van der Waals surface area contributed by atoms with E-state index in [4.69, 9.17) is 4.74 Å². The van der Waals surface area contributed by atoms with Crippen molar-refractivity contribution in [1.29, 1.82) is 0 Å². The molecule has 5 heteroatoms. The number of nitrogens with zero attached hydrogens (tertiary/aromatic N) is 1. The fraction of sp³-hybridized carbons (Fsp3) is 0.200. The minimum atomic E-state index is -0.428. The Balaban J connectivity index is 1.75. The molecule has 5 nitrogen and oxygen atoms in total. The summed E-state index contributed by atoms with van der Waals surface area (Å²) in [5.74, 6) is 0.325. The van der Waals surface area contributed by atoms with Crippen LogP contribution < -0.4 is 10.1 Å². The van der Waals surface area contributed by atoms with Crippen molar-refractivity contribution >= 4 is 5.69 Å². The van der Waals surface area contributed by atoms with E-state index in [-0.39, 0.29) is 5.69 Å². The molecule has 0 heterocycles. The van der Waals surface area contributed by atoms with E-state index in [1.807, 2.05) is 18.2 Å². The van der Waals surface area contributed by atoms with Gasteiger partial charge in [-0.3, -0.25) is 10.1 Å². The fourth-order valence-electron chi connectivity index (χ4n) is 1.87. The van der Waals surface area contributed by atoms with Crippen molar-refractivity contribution in [2.24, 2.45) is 0 Å². The molecule has 0 saturated heterocycles. The summed E-state index contributed by atoms with van der Waals surface area (Å²) in [5, 5.41) is 12.9. The van der Waals surface area contributed by atoms with Gasteiger partial charge in [-0.15, -0.1) is 0 Å². The standard InChI is InChI=1S/C15H16N2O3/c18-17(19)14-8-4-5-9-15(14)20-11-10-16-12-13-6-2-1-3-7-13/h1-9,16H,10-12H2/p+1. The molecule has 0 aliphatic heterocycles. The van der Waals surface area contributed by atoms with Crippen LogP contribution in [0.2, 0.25) is 0 Å². The maximum absolute atomic E-state index is 10.8. The fourth-order valence-corrected chi connectivity index (χ4v) is 1.87. The summed E-state index contributed by atoms with van der Waals surface area (Å²) in [6, 6.07) is 16.6. The van der Waals surface area contributed by atoms with Gasteiger partial charge < -0.3 is 10.1 Å². The maximum Gasteiger partial charge on any atom is 0.310 e. The molecule has 2 aromatic carbocycles. The Labute approximate surface area is 117 Å². The predicted molar refractivity (Wildman–Crippen MR) is 75.5 cm³/mol. The van der Waals surface area contributed by atoms with Gasteiger partial charge >= 0.3 is 5.69 Å². The lowest BCUT2D eigenvalue weighted by atomic mass is 10.2. The van der Waals surface area contributed by atoms with E-state index in [2.05, 4.69) is 17.4 Å². The van der Waals surface area contributed by atoms with Crippen molar-refractivity contribution in [3.8, 4) is 5.75 Å². The third-order valence-electron chi connectivity index (χ3n) is 2.86. The number of benzene rings is 2. The zero-order valence-corrected chi connectivity index (χ0v) is 11.1. The molecule has 2 N–H and O–H groups in total. The summed E-state index contributed by atoms with van der Waals surface area (Å²) in [6.07, 6.45) is 0. The Morgan fingerprint density at radius 2 is 1.75 bits per heavy atom. The molecule has 0 saturated carbocycles. The summed E-state index contributed by atoms with van der Waals surface area (Å²) >= 11 is 0. The van der Waals surface area contributed by atoms with Gasteiger partial charge in [0.25, 0.3) is 0 Å². The van der Waals surface area contributed by atoms with Gasteiger partial charge in [-0.1, -0.05) is 42.5 Å². The number of rotatable bonds is 7. The highest BCUT2D eigenvalue weighted by atomic mass is 16.6. The highest BCUT2D eigenvalue weighted by Gasteiger charge is 2.13. The molecule has 0 bridgehead atoms. The van der Waals surface area contributed by atoms with Crippen LogP contribution in [0.1, 0.15) is 5.56 Å². The second kappa shape index (κ2) is 7.25. The Morgan fingerprint density at radius 3 is 2.50 bits per heavy atom. The van der Waals surface area contributed by atoms with Gasteiger partial charge in [0.1, 0.15) is 19.7 Å². The number of ether oxygens (including phenoxy) is 1. The summed E-state index contributed by atoms with van der Waals surface area (Å²) in [5.41, 5.74) is 1.26. The number of hydrogen-bond donors (Lipinski definition) is 1. The van der Waals surface area contributed by atoms with Gasteiger partial charge in [0, 0.05) is 11.6 Å². The average molecular weight is 273 g/mol. The van der Waals surface area contributed by atoms with Crippen LogP contribution in [0.25, 0.3) is 0 Å². The minimum Gasteiger partial charge on any atom is -0.481 e. The lowest BCUT2D eigenvalue weighted by molar-refractivity contribution is -0.671. The van der Waals surface area contributed by atoms with Crippen molar-refractivity contribution in [3.63, 3.8) is 0 Å². The summed E-state index contributed by atoms with van der Waals surface area (Å²) in [7, 11) is 0. The zero-order valence-electron chi connectivity index (χ0n) is 11.1. The van der Waals surface area contributed by atoms with Gasteiger partial charge in [-0.2, -0.15) is 0 Å². The number of nitro benzene ring substituents is 1. The van der Waals surface area contributed by atoms with E-state index >= 15 is 0 Å². The molecule has 0 unspecified atom stereocenters. The van der Waals surface area contributed by atoms with Gasteiger partial charge in [-0.25, -0.2) is 0 Å². The molecule has 0 amide bonds. The monoisotopic (exact) mass is 273 g/mol. The number of nitrogens with two attached hydrogens (primary N) is 1. The average Bonchev–Trinajstić information content (AvgIpc) is 2.48. The SMILES string of the molecule is O=[N+]([O-])c1ccccc1OCC[NH2+]Cc1ccccc1. The first-order valence-electron chi connectivity index (χ1n) is 6.49. The third-order valence-corrected chi connectivity index (χ3v) is 2.86. The zero-order chi connectivity index (χ0) is 14.2. The lowest BCUT2D eigenvalue weighted by Gasteiger charge is -2.06. The smallest absolute Gasteiger partial charge is 0.310 e.